The zero-order chi connectivity index (χ0) is 17.8. The van der Waals surface area contributed by atoms with Crippen molar-refractivity contribution < 1.29 is 24.2 Å². The third-order valence-corrected chi connectivity index (χ3v) is 3.99. The SMILES string of the molecule is CC(C)(C)OC(=O)N[C@]1(C(=O)O)CCC[C@@H]1OCc1ccccc1. The first-order valence-electron chi connectivity index (χ1n) is 8.13. The Morgan fingerprint density at radius 1 is 1.29 bits per heavy atom. The van der Waals surface area contributed by atoms with Gasteiger partial charge in [-0.15, -0.1) is 0 Å². The number of rotatable bonds is 5. The summed E-state index contributed by atoms with van der Waals surface area (Å²) in [5.74, 6) is -1.09. The summed E-state index contributed by atoms with van der Waals surface area (Å²) in [6.07, 6.45) is 0.236. The number of aliphatic carboxylic acids is 1. The quantitative estimate of drug-likeness (QED) is 0.863. The Kier molecular flexibility index (Phi) is 5.49. The van der Waals surface area contributed by atoms with E-state index in [2.05, 4.69) is 5.32 Å². The van der Waals surface area contributed by atoms with Gasteiger partial charge in [0.05, 0.1) is 12.7 Å². The van der Waals surface area contributed by atoms with Crippen LogP contribution >= 0.6 is 0 Å². The van der Waals surface area contributed by atoms with Crippen LogP contribution in [0.3, 0.4) is 0 Å². The highest BCUT2D eigenvalue weighted by Gasteiger charge is 2.52. The van der Waals surface area contributed by atoms with Gasteiger partial charge in [0.1, 0.15) is 5.60 Å². The van der Waals surface area contributed by atoms with Crippen LogP contribution in [-0.4, -0.2) is 34.4 Å². The average Bonchev–Trinajstić information content (AvgIpc) is 2.88. The molecule has 1 amide bonds. The summed E-state index contributed by atoms with van der Waals surface area (Å²) in [4.78, 5) is 24.0. The maximum atomic E-state index is 12.1. The largest absolute Gasteiger partial charge is 0.479 e. The molecule has 0 saturated heterocycles. The number of benzene rings is 1. The number of carboxylic acid groups (broad SMARTS) is 1. The van der Waals surface area contributed by atoms with Gasteiger partial charge < -0.3 is 19.9 Å². The van der Waals surface area contributed by atoms with Crippen LogP contribution in [0.2, 0.25) is 0 Å². The molecule has 2 N–H and O–H groups in total. The lowest BCUT2D eigenvalue weighted by Gasteiger charge is -2.33. The molecule has 2 atom stereocenters. The van der Waals surface area contributed by atoms with E-state index >= 15 is 0 Å². The van der Waals surface area contributed by atoms with Crippen molar-refractivity contribution in [3.8, 4) is 0 Å². The minimum Gasteiger partial charge on any atom is -0.479 e. The van der Waals surface area contributed by atoms with Crippen molar-refractivity contribution in [2.45, 2.75) is 63.9 Å². The number of nitrogens with one attached hydrogen (secondary N) is 1. The Morgan fingerprint density at radius 3 is 2.54 bits per heavy atom. The van der Waals surface area contributed by atoms with E-state index in [4.69, 9.17) is 9.47 Å². The summed E-state index contributed by atoms with van der Waals surface area (Å²) in [5.41, 5.74) is -1.18. The van der Waals surface area contributed by atoms with Gasteiger partial charge in [0, 0.05) is 0 Å². The predicted octanol–water partition coefficient (Wildman–Crippen LogP) is 3.10. The van der Waals surface area contributed by atoms with Gasteiger partial charge in [0.15, 0.2) is 5.54 Å². The molecule has 1 aliphatic rings. The Labute approximate surface area is 142 Å². The first-order valence-corrected chi connectivity index (χ1v) is 8.13. The third kappa shape index (κ3) is 4.47. The molecule has 1 aliphatic carbocycles. The van der Waals surface area contributed by atoms with Crippen LogP contribution in [0.5, 0.6) is 0 Å². The van der Waals surface area contributed by atoms with Gasteiger partial charge >= 0.3 is 12.1 Å². The van der Waals surface area contributed by atoms with Gasteiger partial charge in [0.25, 0.3) is 0 Å². The van der Waals surface area contributed by atoms with Gasteiger partial charge in [-0.3, -0.25) is 0 Å². The van der Waals surface area contributed by atoms with Gasteiger partial charge in [-0.2, -0.15) is 0 Å². The molecule has 1 fully saturated rings. The van der Waals surface area contributed by atoms with E-state index in [1.165, 1.54) is 0 Å². The number of ether oxygens (including phenoxy) is 2. The Hall–Kier alpha value is -2.08. The molecule has 1 aromatic rings. The van der Waals surface area contributed by atoms with Crippen LogP contribution in [0.15, 0.2) is 30.3 Å². The lowest BCUT2D eigenvalue weighted by atomic mass is 9.95. The molecule has 0 unspecified atom stereocenters. The molecule has 6 nitrogen and oxygen atoms in total. The van der Waals surface area contributed by atoms with Gasteiger partial charge in [-0.1, -0.05) is 30.3 Å². The fourth-order valence-electron chi connectivity index (χ4n) is 2.90. The van der Waals surface area contributed by atoms with Gasteiger partial charge in [-0.05, 0) is 45.6 Å². The standard InChI is InChI=1S/C18H25NO5/c1-17(2,3)24-16(22)19-18(15(20)21)11-7-10-14(18)23-12-13-8-5-4-6-9-13/h4-6,8-9,14H,7,10-12H2,1-3H3,(H,19,22)(H,20,21)/t14-,18+/m0/s1. The van der Waals surface area contributed by atoms with Gasteiger partial charge in [-0.25, -0.2) is 9.59 Å². The molecule has 0 bridgehead atoms. The van der Waals surface area contributed by atoms with Crippen molar-refractivity contribution >= 4 is 12.1 Å². The van der Waals surface area contributed by atoms with E-state index in [1.807, 2.05) is 30.3 Å². The topological polar surface area (TPSA) is 84.9 Å². The Bertz CT molecular complexity index is 581. The molecule has 6 heteroatoms. The van der Waals surface area contributed by atoms with E-state index in [0.717, 1.165) is 5.56 Å². The highest BCUT2D eigenvalue weighted by molar-refractivity contribution is 5.85. The number of alkyl carbamates (subject to hydrolysis) is 1. The first-order chi connectivity index (χ1) is 11.2. The van der Waals surface area contributed by atoms with E-state index < -0.39 is 29.3 Å². The number of carbonyl (C=O) groups is 2. The lowest BCUT2D eigenvalue weighted by Crippen LogP contribution is -2.60. The Morgan fingerprint density at radius 2 is 1.96 bits per heavy atom. The third-order valence-electron chi connectivity index (χ3n) is 3.99. The molecule has 1 saturated carbocycles. The maximum absolute atomic E-state index is 12.1. The number of hydrogen-bond acceptors (Lipinski definition) is 4. The molecule has 2 rings (SSSR count). The van der Waals surface area contributed by atoms with E-state index in [-0.39, 0.29) is 0 Å². The highest BCUT2D eigenvalue weighted by Crippen LogP contribution is 2.34. The normalized spacial score (nSPS) is 23.7. The van der Waals surface area contributed by atoms with Crippen molar-refractivity contribution in [3.63, 3.8) is 0 Å². The molecule has 24 heavy (non-hydrogen) atoms. The Balaban J connectivity index is 2.08. The smallest absolute Gasteiger partial charge is 0.408 e. The maximum Gasteiger partial charge on any atom is 0.408 e. The van der Waals surface area contributed by atoms with Crippen molar-refractivity contribution in [3.05, 3.63) is 35.9 Å². The average molecular weight is 335 g/mol. The van der Waals surface area contributed by atoms with Crippen molar-refractivity contribution in [1.29, 1.82) is 0 Å². The van der Waals surface area contributed by atoms with Crippen LogP contribution in [-0.2, 0) is 20.9 Å². The van der Waals surface area contributed by atoms with Crippen LogP contribution < -0.4 is 5.32 Å². The van der Waals surface area contributed by atoms with Crippen molar-refractivity contribution in [2.24, 2.45) is 0 Å². The second-order valence-corrected chi connectivity index (χ2v) is 7.08. The minimum absolute atomic E-state index is 0.302. The molecule has 0 radical (unpaired) electrons. The fourth-order valence-corrected chi connectivity index (χ4v) is 2.90. The molecule has 0 aliphatic heterocycles. The van der Waals surface area contributed by atoms with E-state index in [0.29, 0.717) is 25.9 Å². The zero-order valence-corrected chi connectivity index (χ0v) is 14.4. The van der Waals surface area contributed by atoms with E-state index in [1.54, 1.807) is 20.8 Å². The summed E-state index contributed by atoms with van der Waals surface area (Å²) in [5, 5.41) is 12.3. The molecular formula is C18H25NO5. The second kappa shape index (κ2) is 7.21. The number of carboxylic acids is 1. The lowest BCUT2D eigenvalue weighted by molar-refractivity contribution is -0.151. The minimum atomic E-state index is -1.45. The van der Waals surface area contributed by atoms with Gasteiger partial charge in [0.2, 0.25) is 0 Å². The van der Waals surface area contributed by atoms with Crippen LogP contribution in [0, 0.1) is 0 Å². The fraction of sp³-hybridized carbons (Fsp3) is 0.556. The summed E-state index contributed by atoms with van der Waals surface area (Å²) in [7, 11) is 0. The number of hydrogen-bond donors (Lipinski definition) is 2. The second-order valence-electron chi connectivity index (χ2n) is 7.08. The number of carbonyl (C=O) groups excluding carboxylic acids is 1. The molecule has 0 heterocycles. The molecule has 1 aromatic carbocycles. The highest BCUT2D eigenvalue weighted by atomic mass is 16.6. The van der Waals surface area contributed by atoms with Crippen molar-refractivity contribution in [1.82, 2.24) is 5.32 Å². The molecule has 0 aromatic heterocycles. The van der Waals surface area contributed by atoms with Crippen LogP contribution in [0.25, 0.3) is 0 Å². The van der Waals surface area contributed by atoms with Crippen LogP contribution in [0.4, 0.5) is 4.79 Å². The molecular weight excluding hydrogens is 310 g/mol. The first kappa shape index (κ1) is 18.3. The van der Waals surface area contributed by atoms with E-state index in [9.17, 15) is 14.7 Å². The summed E-state index contributed by atoms with van der Waals surface area (Å²) in [6.45, 7) is 5.50. The molecule has 132 valence electrons. The summed E-state index contributed by atoms with van der Waals surface area (Å²) >= 11 is 0. The monoisotopic (exact) mass is 335 g/mol. The summed E-state index contributed by atoms with van der Waals surface area (Å²) in [6, 6.07) is 9.54. The van der Waals surface area contributed by atoms with Crippen LogP contribution in [0.1, 0.15) is 45.6 Å². The predicted molar refractivity (Wildman–Crippen MR) is 88.6 cm³/mol. The van der Waals surface area contributed by atoms with Crippen molar-refractivity contribution in [2.75, 3.05) is 0 Å². The summed E-state index contributed by atoms with van der Waals surface area (Å²) < 4.78 is 11.1. The zero-order valence-electron chi connectivity index (χ0n) is 14.4. The molecule has 0 spiro atoms. The number of amides is 1.